The smallest absolute Gasteiger partial charge is 0.598 e. The fourth-order valence-corrected chi connectivity index (χ4v) is 3.37. The third-order valence-corrected chi connectivity index (χ3v) is 4.51. The molecule has 7 heteroatoms. The highest BCUT2D eigenvalue weighted by molar-refractivity contribution is 6.70. The van der Waals surface area contributed by atoms with Crippen LogP contribution in [0, 0.1) is 6.92 Å². The van der Waals surface area contributed by atoms with E-state index in [0.29, 0.717) is 11.8 Å². The quantitative estimate of drug-likeness (QED) is 0.592. The van der Waals surface area contributed by atoms with Gasteiger partial charge < -0.3 is 18.5 Å². The second-order valence-corrected chi connectivity index (χ2v) is 6.08. The van der Waals surface area contributed by atoms with E-state index in [2.05, 4.69) is 0 Å². The topological polar surface area (TPSA) is 69.7 Å². The van der Waals surface area contributed by atoms with E-state index in [9.17, 15) is 14.4 Å². The molecule has 0 radical (unpaired) electrons. The summed E-state index contributed by atoms with van der Waals surface area (Å²) in [6.07, 6.45) is 0.707. The maximum atomic E-state index is 11.8. The van der Waals surface area contributed by atoms with Gasteiger partial charge >= 0.3 is 18.6 Å². The highest BCUT2D eigenvalue weighted by atomic mass is 16.7. The molecule has 1 unspecified atom stereocenters. The molecule has 2 aliphatic rings. The van der Waals surface area contributed by atoms with E-state index in [1.165, 1.54) is 0 Å². The molecule has 0 spiro atoms. The van der Waals surface area contributed by atoms with Crippen LogP contribution in [0.5, 0.6) is 0 Å². The number of carbonyl (C=O) groups is 3. The highest BCUT2D eigenvalue weighted by Gasteiger charge is 2.69. The number of quaternary nitrogens is 1. The minimum atomic E-state index is -2.38. The summed E-state index contributed by atoms with van der Waals surface area (Å²) < 4.78 is 10.8. The third kappa shape index (κ3) is 1.88. The largest absolute Gasteiger partial charge is 0.599 e. The fourth-order valence-electron chi connectivity index (χ4n) is 3.37. The van der Waals surface area contributed by atoms with Crippen LogP contribution >= 0.6 is 0 Å². The molecule has 2 fully saturated rings. The van der Waals surface area contributed by atoms with Crippen LogP contribution in [-0.4, -0.2) is 49.4 Å². The summed E-state index contributed by atoms with van der Waals surface area (Å²) in [6, 6.07) is 7.34. The normalized spacial score (nSPS) is 32.3. The van der Waals surface area contributed by atoms with E-state index < -0.39 is 24.4 Å². The van der Waals surface area contributed by atoms with E-state index >= 15 is 0 Å². The van der Waals surface area contributed by atoms with Gasteiger partial charge in [0.05, 0.1) is 5.82 Å². The minimum absolute atomic E-state index is 0.00888. The summed E-state index contributed by atoms with van der Waals surface area (Å²) in [5, 5.41) is 0. The number of fused-ring (bicyclic) bond motifs is 1. The Morgan fingerprint density at radius 1 is 1.14 bits per heavy atom. The Morgan fingerprint density at radius 3 is 2.14 bits per heavy atom. The summed E-state index contributed by atoms with van der Waals surface area (Å²) in [6.45, 7) is -0.357. The van der Waals surface area contributed by atoms with Crippen LogP contribution in [0.2, 0.25) is 0 Å². The van der Waals surface area contributed by atoms with Gasteiger partial charge in [-0.25, -0.2) is 0 Å². The standard InChI is InChI=1S/C14H16BNO5/c1-10-3-5-11(6-4-10)12(9-17)15-16(2,7-13(18)20-15)8-14(19)21-15/h3-6,9,12H,7-8H2,1-2H3. The zero-order chi connectivity index (χ0) is 15.3. The summed E-state index contributed by atoms with van der Waals surface area (Å²) in [5.41, 5.74) is 1.74. The molecule has 1 aromatic rings. The van der Waals surface area contributed by atoms with Crippen molar-refractivity contribution in [3.05, 3.63) is 35.4 Å². The van der Waals surface area contributed by atoms with Crippen LogP contribution in [0.15, 0.2) is 24.3 Å². The Bertz CT molecular complexity index is 607. The number of hydrogen-bond acceptors (Lipinski definition) is 5. The molecule has 0 aliphatic carbocycles. The van der Waals surface area contributed by atoms with Crippen molar-refractivity contribution in [2.24, 2.45) is 0 Å². The van der Waals surface area contributed by atoms with Gasteiger partial charge in [0.15, 0.2) is 0 Å². The molecule has 1 aromatic carbocycles. The first-order valence-electron chi connectivity index (χ1n) is 6.85. The molecule has 0 saturated carbocycles. The average molecular weight is 289 g/mol. The molecule has 0 N–H and O–H groups in total. The molecule has 3 rings (SSSR count). The molecule has 21 heavy (non-hydrogen) atoms. The minimum Gasteiger partial charge on any atom is -0.599 e. The van der Waals surface area contributed by atoms with Gasteiger partial charge in [-0.05, 0) is 6.92 Å². The number of nitrogens with zero attached hydrogens (tertiary/aromatic N) is 1. The molecule has 0 bridgehead atoms. The Balaban J connectivity index is 2.09. The summed E-state index contributed by atoms with van der Waals surface area (Å²) in [5.74, 6) is -1.67. The number of benzene rings is 1. The van der Waals surface area contributed by atoms with Crippen molar-refractivity contribution in [3.63, 3.8) is 0 Å². The first kappa shape index (κ1) is 13.8. The molecule has 1 atom stereocenters. The van der Waals surface area contributed by atoms with Gasteiger partial charge in [-0.15, -0.1) is 0 Å². The van der Waals surface area contributed by atoms with E-state index in [4.69, 9.17) is 9.31 Å². The Kier molecular flexibility index (Phi) is 2.91. The third-order valence-electron chi connectivity index (χ3n) is 4.51. The molecular weight excluding hydrogens is 273 g/mol. The van der Waals surface area contributed by atoms with Gasteiger partial charge in [0.2, 0.25) is 0 Å². The van der Waals surface area contributed by atoms with Crippen LogP contribution in [0.1, 0.15) is 16.9 Å². The Morgan fingerprint density at radius 2 is 1.67 bits per heavy atom. The van der Waals surface area contributed by atoms with Crippen molar-refractivity contribution in [1.29, 1.82) is 0 Å². The van der Waals surface area contributed by atoms with E-state index in [1.54, 1.807) is 19.2 Å². The zero-order valence-corrected chi connectivity index (χ0v) is 11.9. The number of hydrogen-bond donors (Lipinski definition) is 0. The van der Waals surface area contributed by atoms with Crippen molar-refractivity contribution >= 4 is 24.9 Å². The average Bonchev–Trinajstić information content (AvgIpc) is 2.76. The lowest BCUT2D eigenvalue weighted by molar-refractivity contribution is -0.794. The van der Waals surface area contributed by atoms with Crippen molar-refractivity contribution in [1.82, 2.24) is 0 Å². The van der Waals surface area contributed by atoms with Crippen LogP contribution < -0.4 is 0 Å². The maximum Gasteiger partial charge on any atom is 0.598 e. The van der Waals surface area contributed by atoms with E-state index in [-0.39, 0.29) is 17.5 Å². The first-order valence-corrected chi connectivity index (χ1v) is 6.85. The predicted molar refractivity (Wildman–Crippen MR) is 73.8 cm³/mol. The number of aryl methyl sites for hydroxylation is 1. The lowest BCUT2D eigenvalue weighted by Crippen LogP contribution is -2.64. The van der Waals surface area contributed by atoms with Crippen LogP contribution in [0.25, 0.3) is 0 Å². The second-order valence-electron chi connectivity index (χ2n) is 6.08. The molecule has 110 valence electrons. The molecule has 2 heterocycles. The SMILES string of the molecule is Cc1ccc(C(C=O)[B-]23OC(=O)C[N+]2(C)CC(=O)O3)cc1. The van der Waals surface area contributed by atoms with Crippen molar-refractivity contribution in [2.75, 3.05) is 20.1 Å². The molecular formula is C14H16BNO5. The van der Waals surface area contributed by atoms with E-state index in [0.717, 1.165) is 5.56 Å². The van der Waals surface area contributed by atoms with Gasteiger partial charge in [-0.1, -0.05) is 35.4 Å². The molecule has 0 aromatic heterocycles. The molecule has 2 saturated heterocycles. The maximum absolute atomic E-state index is 11.8. The van der Waals surface area contributed by atoms with Crippen molar-refractivity contribution in [2.45, 2.75) is 12.7 Å². The van der Waals surface area contributed by atoms with Gasteiger partial charge in [0.1, 0.15) is 19.4 Å². The monoisotopic (exact) mass is 289 g/mol. The van der Waals surface area contributed by atoms with Gasteiger partial charge in [-0.2, -0.15) is 0 Å². The molecule has 0 amide bonds. The number of rotatable bonds is 3. The fraction of sp³-hybridized carbons (Fsp3) is 0.357. The summed E-state index contributed by atoms with van der Waals surface area (Å²) in [4.78, 5) is 35.2. The number of likely N-dealkylation sites (N-methyl/N-ethyl adjacent to an activating group) is 1. The zero-order valence-electron chi connectivity index (χ0n) is 11.9. The Labute approximate surface area is 122 Å². The lowest BCUT2D eigenvalue weighted by Gasteiger charge is -2.42. The highest BCUT2D eigenvalue weighted by Crippen LogP contribution is 2.42. The molecule has 2 aliphatic heterocycles. The number of aldehydes is 1. The van der Waals surface area contributed by atoms with Crippen molar-refractivity contribution in [3.8, 4) is 0 Å². The van der Waals surface area contributed by atoms with E-state index in [1.807, 2.05) is 19.1 Å². The van der Waals surface area contributed by atoms with Crippen LogP contribution in [0.3, 0.4) is 0 Å². The van der Waals surface area contributed by atoms with Crippen LogP contribution in [-0.2, 0) is 23.7 Å². The summed E-state index contributed by atoms with van der Waals surface area (Å²) >= 11 is 0. The Hall–Kier alpha value is -2.15. The van der Waals surface area contributed by atoms with Gasteiger partial charge in [-0.3, -0.25) is 9.59 Å². The number of carbonyl (C=O) groups excluding carboxylic acids is 3. The molecule has 6 nitrogen and oxygen atoms in total. The lowest BCUT2D eigenvalue weighted by atomic mass is 9.54. The predicted octanol–water partition coefficient (Wildman–Crippen LogP) is 0.316. The first-order chi connectivity index (χ1) is 9.90. The van der Waals surface area contributed by atoms with Gasteiger partial charge in [0, 0.05) is 7.05 Å². The second kappa shape index (κ2) is 4.43. The van der Waals surface area contributed by atoms with Gasteiger partial charge in [0.25, 0.3) is 0 Å². The van der Waals surface area contributed by atoms with Crippen LogP contribution in [0.4, 0.5) is 0 Å². The summed E-state index contributed by atoms with van der Waals surface area (Å²) in [7, 11) is 1.72. The van der Waals surface area contributed by atoms with Crippen molar-refractivity contribution < 1.29 is 28.1 Å².